The van der Waals surface area contributed by atoms with E-state index in [9.17, 15) is 13.2 Å². The second-order valence-corrected chi connectivity index (χ2v) is 9.10. The lowest BCUT2D eigenvalue weighted by Crippen LogP contribution is -2.40. The third-order valence-electron chi connectivity index (χ3n) is 4.80. The normalized spacial score (nSPS) is 16.5. The van der Waals surface area contributed by atoms with Gasteiger partial charge in [-0.2, -0.15) is 4.31 Å². The summed E-state index contributed by atoms with van der Waals surface area (Å²) in [5, 5.41) is 2.96. The topological polar surface area (TPSA) is 75.7 Å². The summed E-state index contributed by atoms with van der Waals surface area (Å²) in [6.07, 6.45) is 0. The number of nitrogens with one attached hydrogen (secondary N) is 1. The van der Waals surface area contributed by atoms with Crippen LogP contribution < -0.4 is 5.32 Å². The van der Waals surface area contributed by atoms with Gasteiger partial charge in [-0.3, -0.25) is 4.79 Å². The Hall–Kier alpha value is -2.22. The van der Waals surface area contributed by atoms with E-state index in [4.69, 9.17) is 4.74 Å². The average Bonchev–Trinajstić information content (AvgIpc) is 2.68. The molecule has 1 aliphatic heterocycles. The van der Waals surface area contributed by atoms with E-state index in [1.807, 2.05) is 32.9 Å². The number of rotatable bonds is 5. The van der Waals surface area contributed by atoms with E-state index in [1.165, 1.54) is 16.4 Å². The molecule has 6 nitrogen and oxygen atoms in total. The summed E-state index contributed by atoms with van der Waals surface area (Å²) >= 11 is 0. The van der Waals surface area contributed by atoms with Gasteiger partial charge in [0.15, 0.2) is 0 Å². The first-order chi connectivity index (χ1) is 13.3. The number of hydrogen-bond acceptors (Lipinski definition) is 4. The van der Waals surface area contributed by atoms with Gasteiger partial charge < -0.3 is 10.1 Å². The molecule has 0 radical (unpaired) electrons. The van der Waals surface area contributed by atoms with Crippen LogP contribution in [0.1, 0.15) is 40.0 Å². The van der Waals surface area contributed by atoms with Gasteiger partial charge in [0, 0.05) is 18.7 Å². The summed E-state index contributed by atoms with van der Waals surface area (Å²) < 4.78 is 32.3. The van der Waals surface area contributed by atoms with Gasteiger partial charge >= 0.3 is 0 Å². The number of benzene rings is 2. The Balaban J connectivity index is 1.78. The lowest BCUT2D eigenvalue weighted by molar-refractivity contribution is 0.0730. The molecule has 1 atom stereocenters. The molecule has 1 fully saturated rings. The van der Waals surface area contributed by atoms with Gasteiger partial charge in [0.25, 0.3) is 5.91 Å². The predicted octanol–water partition coefficient (Wildman–Crippen LogP) is 2.82. The molecule has 1 heterocycles. The molecule has 7 heteroatoms. The molecule has 1 amide bonds. The highest BCUT2D eigenvalue weighted by molar-refractivity contribution is 7.89. The quantitative estimate of drug-likeness (QED) is 0.834. The highest BCUT2D eigenvalue weighted by atomic mass is 32.2. The van der Waals surface area contributed by atoms with Crippen LogP contribution in [0, 0.1) is 13.8 Å². The minimum atomic E-state index is -3.64. The number of ether oxygens (including phenoxy) is 1. The molecule has 150 valence electrons. The molecule has 1 aliphatic rings. The van der Waals surface area contributed by atoms with Crippen LogP contribution in [-0.2, 0) is 14.8 Å². The van der Waals surface area contributed by atoms with Crippen molar-refractivity contribution in [3.8, 4) is 0 Å². The first-order valence-corrected chi connectivity index (χ1v) is 10.8. The average molecular weight is 403 g/mol. The Morgan fingerprint density at radius 3 is 2.36 bits per heavy atom. The molecule has 0 aromatic heterocycles. The lowest BCUT2D eigenvalue weighted by atomic mass is 10.0. The van der Waals surface area contributed by atoms with E-state index in [0.717, 1.165) is 16.7 Å². The molecule has 0 saturated carbocycles. The first kappa shape index (κ1) is 20.5. The van der Waals surface area contributed by atoms with Crippen LogP contribution in [0.5, 0.6) is 0 Å². The van der Waals surface area contributed by atoms with Crippen molar-refractivity contribution in [3.63, 3.8) is 0 Å². The summed E-state index contributed by atoms with van der Waals surface area (Å²) in [7, 11) is -3.64. The van der Waals surface area contributed by atoms with Crippen molar-refractivity contribution in [2.24, 2.45) is 0 Å². The van der Waals surface area contributed by atoms with Crippen LogP contribution in [0.25, 0.3) is 0 Å². The fourth-order valence-corrected chi connectivity index (χ4v) is 4.81. The molecule has 28 heavy (non-hydrogen) atoms. The van der Waals surface area contributed by atoms with Crippen molar-refractivity contribution in [1.82, 2.24) is 9.62 Å². The number of sulfonamides is 1. The fraction of sp³-hybridized carbons (Fsp3) is 0.381. The van der Waals surface area contributed by atoms with Crippen LogP contribution in [0.15, 0.2) is 47.4 Å². The van der Waals surface area contributed by atoms with Gasteiger partial charge in [0.05, 0.1) is 24.2 Å². The van der Waals surface area contributed by atoms with Crippen molar-refractivity contribution in [3.05, 3.63) is 64.7 Å². The van der Waals surface area contributed by atoms with Crippen molar-refractivity contribution < 1.29 is 17.9 Å². The number of nitrogens with zero attached hydrogens (tertiary/aromatic N) is 1. The summed E-state index contributed by atoms with van der Waals surface area (Å²) in [5.74, 6) is -0.300. The zero-order chi connectivity index (χ0) is 20.3. The van der Waals surface area contributed by atoms with E-state index in [-0.39, 0.29) is 16.8 Å². The molecule has 0 bridgehead atoms. The number of carbonyl (C=O) groups is 1. The minimum absolute atomic E-state index is 0.126. The van der Waals surface area contributed by atoms with E-state index in [0.29, 0.717) is 31.9 Å². The molecule has 1 saturated heterocycles. The highest BCUT2D eigenvalue weighted by Gasteiger charge is 2.27. The first-order valence-electron chi connectivity index (χ1n) is 9.34. The summed E-state index contributed by atoms with van der Waals surface area (Å²) in [5.41, 5.74) is 3.61. The Morgan fingerprint density at radius 1 is 1.07 bits per heavy atom. The Labute approximate surface area is 166 Å². The van der Waals surface area contributed by atoms with E-state index >= 15 is 0 Å². The third-order valence-corrected chi connectivity index (χ3v) is 6.69. The van der Waals surface area contributed by atoms with Crippen molar-refractivity contribution >= 4 is 15.9 Å². The van der Waals surface area contributed by atoms with Gasteiger partial charge in [-0.15, -0.1) is 0 Å². The Kier molecular flexibility index (Phi) is 6.17. The monoisotopic (exact) mass is 402 g/mol. The minimum Gasteiger partial charge on any atom is -0.379 e. The zero-order valence-corrected chi connectivity index (χ0v) is 17.3. The van der Waals surface area contributed by atoms with Crippen molar-refractivity contribution in [1.29, 1.82) is 0 Å². The van der Waals surface area contributed by atoms with E-state index < -0.39 is 10.0 Å². The molecule has 0 aliphatic carbocycles. The van der Waals surface area contributed by atoms with Gasteiger partial charge in [0.2, 0.25) is 10.0 Å². The number of carbonyl (C=O) groups excluding carboxylic acids is 1. The maximum absolute atomic E-state index is 12.8. The molecule has 2 aromatic rings. The maximum atomic E-state index is 12.8. The van der Waals surface area contributed by atoms with Crippen LogP contribution in [0.3, 0.4) is 0 Å². The largest absolute Gasteiger partial charge is 0.379 e. The molecule has 2 aromatic carbocycles. The zero-order valence-electron chi connectivity index (χ0n) is 16.4. The number of amides is 1. The SMILES string of the molecule is Cc1cc(C)cc(C(C)NC(=O)c2cccc(S(=O)(=O)N3CCOCC3)c2)c1. The number of aryl methyl sites for hydroxylation is 2. The summed E-state index contributed by atoms with van der Waals surface area (Å²) in [6, 6.07) is 12.2. The van der Waals surface area contributed by atoms with Crippen molar-refractivity contribution in [2.45, 2.75) is 31.7 Å². The fourth-order valence-electron chi connectivity index (χ4n) is 3.36. The third kappa shape index (κ3) is 4.60. The Morgan fingerprint density at radius 2 is 1.71 bits per heavy atom. The maximum Gasteiger partial charge on any atom is 0.251 e. The predicted molar refractivity (Wildman–Crippen MR) is 108 cm³/mol. The van der Waals surface area contributed by atoms with Gasteiger partial charge in [-0.1, -0.05) is 35.4 Å². The molecular weight excluding hydrogens is 376 g/mol. The van der Waals surface area contributed by atoms with E-state index in [2.05, 4.69) is 11.4 Å². The van der Waals surface area contributed by atoms with Crippen LogP contribution in [0.4, 0.5) is 0 Å². The smallest absolute Gasteiger partial charge is 0.251 e. The molecule has 1 N–H and O–H groups in total. The van der Waals surface area contributed by atoms with Crippen LogP contribution in [0.2, 0.25) is 0 Å². The second kappa shape index (κ2) is 8.43. The standard InChI is InChI=1S/C21H26N2O4S/c1-15-11-16(2)13-19(12-15)17(3)22-21(24)18-5-4-6-20(14-18)28(25,26)23-7-9-27-10-8-23/h4-6,11-14,17H,7-10H2,1-3H3,(H,22,24). The summed E-state index contributed by atoms with van der Waals surface area (Å²) in [6.45, 7) is 7.36. The van der Waals surface area contributed by atoms with Crippen LogP contribution in [-0.4, -0.2) is 44.9 Å². The number of hydrogen-bond donors (Lipinski definition) is 1. The molecule has 0 spiro atoms. The number of morpholine rings is 1. The van der Waals surface area contributed by atoms with Gasteiger partial charge in [-0.25, -0.2) is 8.42 Å². The molecular formula is C21H26N2O4S. The highest BCUT2D eigenvalue weighted by Crippen LogP contribution is 2.20. The van der Waals surface area contributed by atoms with Gasteiger partial charge in [-0.05, 0) is 44.5 Å². The second-order valence-electron chi connectivity index (χ2n) is 7.16. The van der Waals surface area contributed by atoms with Crippen molar-refractivity contribution in [2.75, 3.05) is 26.3 Å². The molecule has 1 unspecified atom stereocenters. The van der Waals surface area contributed by atoms with E-state index in [1.54, 1.807) is 12.1 Å². The summed E-state index contributed by atoms with van der Waals surface area (Å²) in [4.78, 5) is 12.8. The Bertz CT molecular complexity index is 946. The van der Waals surface area contributed by atoms with Crippen LogP contribution >= 0.6 is 0 Å². The molecule has 3 rings (SSSR count). The van der Waals surface area contributed by atoms with Gasteiger partial charge in [0.1, 0.15) is 0 Å². The lowest BCUT2D eigenvalue weighted by Gasteiger charge is -2.26.